The van der Waals surface area contributed by atoms with E-state index in [1.165, 1.54) is 0 Å². The molecule has 3 aliphatic rings. The third kappa shape index (κ3) is 9.28. The number of imidazole rings is 1. The molecule has 1 aromatic heterocycles. The number of cyclic esters (lactones) is 1. The van der Waals surface area contributed by atoms with Crippen molar-refractivity contribution in [2.45, 2.75) is 97.0 Å². The molecule has 0 bridgehead atoms. The van der Waals surface area contributed by atoms with Gasteiger partial charge in [-0.3, -0.25) is 24.2 Å². The Morgan fingerprint density at radius 2 is 1.73 bits per heavy atom. The molecule has 3 aliphatic heterocycles. The van der Waals surface area contributed by atoms with Gasteiger partial charge in [-0.25, -0.2) is 4.98 Å². The number of Topliss-reactive ketones (excluding diaryl/α,β-unsaturated/α-hetero) is 1. The van der Waals surface area contributed by atoms with E-state index in [0.29, 0.717) is 51.4 Å². The zero-order valence-electron chi connectivity index (χ0n) is 31.8. The van der Waals surface area contributed by atoms with Gasteiger partial charge in [0.05, 0.1) is 23.9 Å². The van der Waals surface area contributed by atoms with Crippen molar-refractivity contribution in [1.29, 1.82) is 0 Å². The number of carbonyl (C=O) groups excluding carboxylic acids is 3. The lowest BCUT2D eigenvalue weighted by molar-refractivity contribution is -0.263. The fourth-order valence-electron chi connectivity index (χ4n) is 7.87. The van der Waals surface area contributed by atoms with Crippen LogP contribution in [0.3, 0.4) is 0 Å². The van der Waals surface area contributed by atoms with E-state index < -0.39 is 35.3 Å². The van der Waals surface area contributed by atoms with Crippen molar-refractivity contribution >= 4 is 17.7 Å². The van der Waals surface area contributed by atoms with Gasteiger partial charge in [0, 0.05) is 84.2 Å². The number of carbonyl (C=O) groups is 3. The average molecular weight is 691 g/mol. The molecular formula is C36H62N6O7. The topological polar surface area (TPSA) is 119 Å². The zero-order valence-corrected chi connectivity index (χ0v) is 31.8. The van der Waals surface area contributed by atoms with Gasteiger partial charge in [-0.15, -0.1) is 0 Å². The van der Waals surface area contributed by atoms with Crippen molar-refractivity contribution in [3.05, 3.63) is 18.2 Å². The Hall–Kier alpha value is -2.42. The second kappa shape index (κ2) is 16.3. The first-order valence-electron chi connectivity index (χ1n) is 17.9. The third-order valence-electron chi connectivity index (χ3n) is 11.1. The maximum atomic E-state index is 14.3. The molecular weight excluding hydrogens is 628 g/mol. The number of ketones is 1. The number of aromatic nitrogens is 2. The minimum absolute atomic E-state index is 0.000751. The molecule has 0 saturated carbocycles. The highest BCUT2D eigenvalue weighted by Crippen LogP contribution is 2.38. The summed E-state index contributed by atoms with van der Waals surface area (Å²) >= 11 is 0. The number of methoxy groups -OCH3 is 1. The number of aryl methyl sites for hydroxylation is 1. The monoisotopic (exact) mass is 690 g/mol. The fourth-order valence-corrected chi connectivity index (χ4v) is 7.87. The van der Waals surface area contributed by atoms with E-state index in [0.717, 1.165) is 13.0 Å². The highest BCUT2D eigenvalue weighted by molar-refractivity contribution is 6.04. The van der Waals surface area contributed by atoms with Gasteiger partial charge in [0.1, 0.15) is 12.0 Å². The smallest absolute Gasteiger partial charge is 0.319 e. The second-order valence-electron chi connectivity index (χ2n) is 15.8. The number of hydrogen-bond donors (Lipinski definition) is 0. The summed E-state index contributed by atoms with van der Waals surface area (Å²) in [5, 5.41) is 0. The maximum Gasteiger partial charge on any atom is 0.319 e. The predicted molar refractivity (Wildman–Crippen MR) is 186 cm³/mol. The SMILES string of the molecule is CO[C@]1(C)C[C@@H](C)CN(C)[C@H](CN2CCN(C(=O)c3nccn3C)CC2)COC(=O)C(C)(C)C(=O)[C@H](C)[C@H]1O[C@H]1C[C@@H](N(C)C)C[C@@H](C)O1. The van der Waals surface area contributed by atoms with Gasteiger partial charge in [-0.2, -0.15) is 0 Å². The van der Waals surface area contributed by atoms with Crippen LogP contribution in [-0.4, -0.2) is 157 Å². The van der Waals surface area contributed by atoms with E-state index in [4.69, 9.17) is 18.9 Å². The summed E-state index contributed by atoms with van der Waals surface area (Å²) in [5.74, 6) is -0.941. The molecule has 49 heavy (non-hydrogen) atoms. The second-order valence-corrected chi connectivity index (χ2v) is 15.8. The van der Waals surface area contributed by atoms with Crippen molar-refractivity contribution in [1.82, 2.24) is 29.2 Å². The van der Waals surface area contributed by atoms with Crippen LogP contribution in [0, 0.1) is 17.3 Å². The number of amides is 1. The van der Waals surface area contributed by atoms with Gasteiger partial charge in [-0.1, -0.05) is 13.8 Å². The predicted octanol–water partition coefficient (Wildman–Crippen LogP) is 2.54. The number of rotatable bonds is 7. The quantitative estimate of drug-likeness (QED) is 0.310. The van der Waals surface area contributed by atoms with Gasteiger partial charge in [-0.05, 0) is 67.6 Å². The molecule has 13 heteroatoms. The Labute approximate surface area is 293 Å². The van der Waals surface area contributed by atoms with Crippen molar-refractivity contribution in [2.24, 2.45) is 24.3 Å². The molecule has 0 radical (unpaired) electrons. The van der Waals surface area contributed by atoms with Crippen molar-refractivity contribution in [3.8, 4) is 0 Å². The molecule has 13 nitrogen and oxygen atoms in total. The minimum Gasteiger partial charge on any atom is -0.463 e. The molecule has 0 aromatic carbocycles. The molecule has 0 spiro atoms. The van der Waals surface area contributed by atoms with Crippen LogP contribution in [0.1, 0.15) is 71.4 Å². The van der Waals surface area contributed by atoms with E-state index in [-0.39, 0.29) is 42.4 Å². The van der Waals surface area contributed by atoms with Crippen LogP contribution in [0.2, 0.25) is 0 Å². The molecule has 0 unspecified atom stereocenters. The first-order valence-corrected chi connectivity index (χ1v) is 17.9. The van der Waals surface area contributed by atoms with Crippen LogP contribution in [0.5, 0.6) is 0 Å². The summed E-state index contributed by atoms with van der Waals surface area (Å²) < 4.78 is 27.1. The Morgan fingerprint density at radius 1 is 1.06 bits per heavy atom. The average Bonchev–Trinajstić information content (AvgIpc) is 3.49. The third-order valence-corrected chi connectivity index (χ3v) is 11.1. The van der Waals surface area contributed by atoms with Crippen LogP contribution < -0.4 is 0 Å². The standard InChI is InChI=1S/C36H62N6O7/c1-24-20-36(6,46-11)31(49-29-19-27(38(7)8)18-25(2)48-29)26(3)30(43)35(4,5)34(45)47-23-28(40(10)21-24)22-41-14-16-42(17-15-41)33(44)32-37-12-13-39(32)9/h12-13,24-29,31H,14-23H2,1-11H3/t24-,25-,26+,27+,28-,29+,31-,36-/m1/s1. The van der Waals surface area contributed by atoms with Crippen molar-refractivity contribution in [3.63, 3.8) is 0 Å². The molecule has 0 N–H and O–H groups in total. The molecule has 4 heterocycles. The van der Waals surface area contributed by atoms with Crippen molar-refractivity contribution in [2.75, 3.05) is 74.1 Å². The highest BCUT2D eigenvalue weighted by atomic mass is 16.7. The number of esters is 1. The van der Waals surface area contributed by atoms with Crippen molar-refractivity contribution < 1.29 is 33.3 Å². The van der Waals surface area contributed by atoms with Crippen LogP contribution >= 0.6 is 0 Å². The minimum atomic E-state index is -1.40. The summed E-state index contributed by atoms with van der Waals surface area (Å²) in [6.07, 6.45) is 4.43. The molecule has 278 valence electrons. The number of nitrogens with zero attached hydrogens (tertiary/aromatic N) is 6. The summed E-state index contributed by atoms with van der Waals surface area (Å²) in [7, 11) is 9.69. The van der Waals surface area contributed by atoms with Gasteiger partial charge in [0.15, 0.2) is 17.9 Å². The van der Waals surface area contributed by atoms with Crippen LogP contribution in [0.15, 0.2) is 12.4 Å². The van der Waals surface area contributed by atoms with E-state index in [9.17, 15) is 14.4 Å². The Bertz CT molecular complexity index is 1280. The lowest BCUT2D eigenvalue weighted by atomic mass is 9.74. The van der Waals surface area contributed by atoms with E-state index in [1.54, 1.807) is 37.9 Å². The largest absolute Gasteiger partial charge is 0.463 e. The summed E-state index contributed by atoms with van der Waals surface area (Å²) in [5.41, 5.74) is -2.24. The maximum absolute atomic E-state index is 14.3. The van der Waals surface area contributed by atoms with E-state index >= 15 is 0 Å². The van der Waals surface area contributed by atoms with E-state index in [1.807, 2.05) is 25.8 Å². The lowest BCUT2D eigenvalue weighted by Gasteiger charge is -2.45. The first-order chi connectivity index (χ1) is 23.0. The Kier molecular flexibility index (Phi) is 13.1. The van der Waals surface area contributed by atoms with Gasteiger partial charge < -0.3 is 33.3 Å². The fraction of sp³-hybridized carbons (Fsp3) is 0.833. The van der Waals surface area contributed by atoms with Crippen LogP contribution in [-0.2, 0) is 35.6 Å². The summed E-state index contributed by atoms with van der Waals surface area (Å²) in [6.45, 7) is 15.5. The van der Waals surface area contributed by atoms with Crippen LogP contribution in [0.4, 0.5) is 0 Å². The molecule has 8 atom stereocenters. The summed E-state index contributed by atoms with van der Waals surface area (Å²) in [4.78, 5) is 53.8. The zero-order chi connectivity index (χ0) is 36.3. The van der Waals surface area contributed by atoms with Gasteiger partial charge in [0.2, 0.25) is 0 Å². The first kappa shape index (κ1) is 39.4. The molecule has 0 aliphatic carbocycles. The molecule has 1 aromatic rings. The Balaban J connectivity index is 1.53. The number of hydrogen-bond acceptors (Lipinski definition) is 11. The highest BCUT2D eigenvalue weighted by Gasteiger charge is 2.50. The van der Waals surface area contributed by atoms with Gasteiger partial charge >= 0.3 is 5.97 Å². The van der Waals surface area contributed by atoms with Gasteiger partial charge in [0.25, 0.3) is 5.91 Å². The molecule has 1 amide bonds. The number of likely N-dealkylation sites (N-methyl/N-ethyl adjacent to an activating group) is 1. The summed E-state index contributed by atoms with van der Waals surface area (Å²) in [6, 6.07) is 0.164. The molecule has 3 saturated heterocycles. The van der Waals surface area contributed by atoms with Crippen LogP contribution in [0.25, 0.3) is 0 Å². The van der Waals surface area contributed by atoms with E-state index in [2.05, 4.69) is 54.7 Å². The number of piperazine rings is 1. The number of ether oxygens (including phenoxy) is 4. The molecule has 4 rings (SSSR count). The Morgan fingerprint density at radius 3 is 2.33 bits per heavy atom. The normalized spacial score (nSPS) is 34.6. The molecule has 3 fully saturated rings. The lowest BCUT2D eigenvalue weighted by Crippen LogP contribution is -2.55.